The van der Waals surface area contributed by atoms with Gasteiger partial charge in [0.05, 0.1) is 13.2 Å². The molecule has 0 saturated carbocycles. The minimum atomic E-state index is -0.368. The molecule has 39 heavy (non-hydrogen) atoms. The molecule has 10 heteroatoms. The maximum absolute atomic E-state index is 12.4. The highest BCUT2D eigenvalue weighted by Crippen LogP contribution is 2.08. The van der Waals surface area contributed by atoms with Crippen molar-refractivity contribution < 1.29 is 28.7 Å². The molecule has 0 aliphatic heterocycles. The van der Waals surface area contributed by atoms with Gasteiger partial charge in [0.2, 0.25) is 11.8 Å². The SMILES string of the molecule is CCCCCC(=O)OCCCC(CCCOC(=O)CCCCC)NC(=O)/C=C/C(=O)NCCNCCN(C)C. The summed E-state index contributed by atoms with van der Waals surface area (Å²) in [4.78, 5) is 50.2. The molecule has 226 valence electrons. The Morgan fingerprint density at radius 3 is 1.77 bits per heavy atom. The fourth-order valence-corrected chi connectivity index (χ4v) is 3.66. The Morgan fingerprint density at radius 1 is 0.718 bits per heavy atom. The lowest BCUT2D eigenvalue weighted by molar-refractivity contribution is -0.144. The van der Waals surface area contributed by atoms with Crippen molar-refractivity contribution in [2.45, 2.75) is 96.9 Å². The molecule has 0 atom stereocenters. The second-order valence-electron chi connectivity index (χ2n) is 10.0. The van der Waals surface area contributed by atoms with Gasteiger partial charge in [-0.1, -0.05) is 39.5 Å². The molecule has 0 bridgehead atoms. The molecule has 0 aromatic heterocycles. The summed E-state index contributed by atoms with van der Waals surface area (Å²) in [5, 5.41) is 8.89. The number of carbonyl (C=O) groups is 4. The fourth-order valence-electron chi connectivity index (χ4n) is 3.66. The molecule has 0 spiro atoms. The van der Waals surface area contributed by atoms with E-state index in [1.54, 1.807) is 0 Å². The molecule has 0 fully saturated rings. The Morgan fingerprint density at radius 2 is 1.26 bits per heavy atom. The van der Waals surface area contributed by atoms with Crippen LogP contribution >= 0.6 is 0 Å². The Kier molecular flexibility index (Phi) is 24.2. The quantitative estimate of drug-likeness (QED) is 0.0893. The van der Waals surface area contributed by atoms with Crippen molar-refractivity contribution in [3.8, 4) is 0 Å². The lowest BCUT2D eigenvalue weighted by Gasteiger charge is -2.18. The number of rotatable bonds is 25. The minimum Gasteiger partial charge on any atom is -0.466 e. The largest absolute Gasteiger partial charge is 0.466 e. The molecule has 3 N–H and O–H groups in total. The third-order valence-electron chi connectivity index (χ3n) is 5.96. The number of nitrogens with zero attached hydrogens (tertiary/aromatic N) is 1. The lowest BCUT2D eigenvalue weighted by atomic mass is 10.1. The number of ether oxygens (including phenoxy) is 2. The number of unbranched alkanes of at least 4 members (excludes halogenated alkanes) is 4. The van der Waals surface area contributed by atoms with Crippen molar-refractivity contribution >= 4 is 23.8 Å². The van der Waals surface area contributed by atoms with Crippen molar-refractivity contribution in [3.05, 3.63) is 12.2 Å². The van der Waals surface area contributed by atoms with Crippen molar-refractivity contribution in [2.75, 3.05) is 53.5 Å². The van der Waals surface area contributed by atoms with E-state index in [1.165, 1.54) is 12.2 Å². The van der Waals surface area contributed by atoms with Gasteiger partial charge in [-0.05, 0) is 52.6 Å². The van der Waals surface area contributed by atoms with Gasteiger partial charge in [0.15, 0.2) is 0 Å². The second kappa shape index (κ2) is 25.8. The molecular formula is C29H54N4O6. The van der Waals surface area contributed by atoms with Gasteiger partial charge in [0.1, 0.15) is 0 Å². The highest BCUT2D eigenvalue weighted by Gasteiger charge is 2.13. The minimum absolute atomic E-state index is 0.191. The van der Waals surface area contributed by atoms with Gasteiger partial charge in [-0.15, -0.1) is 0 Å². The summed E-state index contributed by atoms with van der Waals surface area (Å²) >= 11 is 0. The van der Waals surface area contributed by atoms with E-state index < -0.39 is 0 Å². The van der Waals surface area contributed by atoms with Gasteiger partial charge < -0.3 is 30.3 Å². The molecule has 10 nitrogen and oxygen atoms in total. The summed E-state index contributed by atoms with van der Waals surface area (Å²) in [7, 11) is 4.00. The van der Waals surface area contributed by atoms with Crippen molar-refractivity contribution in [2.24, 2.45) is 0 Å². The average molecular weight is 555 g/mol. The van der Waals surface area contributed by atoms with E-state index in [9.17, 15) is 19.2 Å². The van der Waals surface area contributed by atoms with Gasteiger partial charge in [-0.25, -0.2) is 0 Å². The van der Waals surface area contributed by atoms with Gasteiger partial charge in [-0.3, -0.25) is 19.2 Å². The Labute approximate surface area is 236 Å². The number of likely N-dealkylation sites (N-methyl/N-ethyl adjacent to an activating group) is 1. The molecule has 0 rings (SSSR count). The Balaban J connectivity index is 4.50. The van der Waals surface area contributed by atoms with Crippen LogP contribution in [0.2, 0.25) is 0 Å². The second-order valence-corrected chi connectivity index (χ2v) is 10.0. The van der Waals surface area contributed by atoms with E-state index in [0.717, 1.165) is 51.6 Å². The van der Waals surface area contributed by atoms with Crippen LogP contribution in [0.3, 0.4) is 0 Å². The van der Waals surface area contributed by atoms with Crippen LogP contribution < -0.4 is 16.0 Å². The molecule has 0 radical (unpaired) electrons. The standard InChI is InChI=1S/C29H54N4O6/c1-5-7-9-15-28(36)38-23-11-13-25(14-12-24-39-29(37)16-10-8-6-2)32-27(35)18-17-26(34)31-20-19-30-21-22-33(3)4/h17-18,25,30H,5-16,19-24H2,1-4H3,(H,31,34)(H,32,35)/b18-17+. The van der Waals surface area contributed by atoms with Crippen molar-refractivity contribution in [3.63, 3.8) is 0 Å². The van der Waals surface area contributed by atoms with Gasteiger partial charge in [0, 0.05) is 57.2 Å². The zero-order chi connectivity index (χ0) is 29.1. The van der Waals surface area contributed by atoms with E-state index in [4.69, 9.17) is 9.47 Å². The van der Waals surface area contributed by atoms with Crippen molar-refractivity contribution in [1.82, 2.24) is 20.9 Å². The van der Waals surface area contributed by atoms with E-state index in [2.05, 4.69) is 34.7 Å². The zero-order valence-corrected chi connectivity index (χ0v) is 24.9. The normalized spacial score (nSPS) is 11.2. The first-order valence-corrected chi connectivity index (χ1v) is 14.7. The summed E-state index contributed by atoms with van der Waals surface area (Å²) in [6, 6.07) is -0.191. The molecular weight excluding hydrogens is 500 g/mol. The van der Waals surface area contributed by atoms with Crippen LogP contribution in [0.25, 0.3) is 0 Å². The predicted molar refractivity (Wildman–Crippen MR) is 154 cm³/mol. The van der Waals surface area contributed by atoms with Crippen LogP contribution in [0.15, 0.2) is 12.2 Å². The van der Waals surface area contributed by atoms with Crippen LogP contribution in [0, 0.1) is 0 Å². The summed E-state index contributed by atoms with van der Waals surface area (Å²) in [6.45, 7) is 7.62. The van der Waals surface area contributed by atoms with Gasteiger partial charge >= 0.3 is 11.9 Å². The highest BCUT2D eigenvalue weighted by molar-refractivity contribution is 5.96. The number of hydrogen-bond acceptors (Lipinski definition) is 8. The molecule has 0 aliphatic carbocycles. The topological polar surface area (TPSA) is 126 Å². The molecule has 0 aromatic carbocycles. The van der Waals surface area contributed by atoms with Gasteiger partial charge in [0.25, 0.3) is 0 Å². The molecule has 0 heterocycles. The Hall–Kier alpha value is -2.46. The summed E-state index contributed by atoms with van der Waals surface area (Å²) in [5.41, 5.74) is 0. The van der Waals surface area contributed by atoms with E-state index >= 15 is 0 Å². The molecule has 0 unspecified atom stereocenters. The van der Waals surface area contributed by atoms with Crippen LogP contribution in [-0.2, 0) is 28.7 Å². The third kappa shape index (κ3) is 25.6. The molecule has 2 amide bonds. The molecule has 0 saturated heterocycles. The smallest absolute Gasteiger partial charge is 0.305 e. The maximum Gasteiger partial charge on any atom is 0.305 e. The first-order valence-electron chi connectivity index (χ1n) is 14.7. The number of carbonyl (C=O) groups excluding carboxylic acids is 4. The van der Waals surface area contributed by atoms with E-state index in [0.29, 0.717) is 64.8 Å². The molecule has 0 aliphatic rings. The van der Waals surface area contributed by atoms with E-state index in [1.807, 2.05) is 14.1 Å². The fraction of sp³-hybridized carbons (Fsp3) is 0.793. The maximum atomic E-state index is 12.4. The van der Waals surface area contributed by atoms with Crippen LogP contribution in [0.5, 0.6) is 0 Å². The summed E-state index contributed by atoms with van der Waals surface area (Å²) in [6.07, 6.45) is 11.5. The monoisotopic (exact) mass is 554 g/mol. The lowest BCUT2D eigenvalue weighted by Crippen LogP contribution is -2.35. The third-order valence-corrected chi connectivity index (χ3v) is 5.96. The molecule has 0 aromatic rings. The van der Waals surface area contributed by atoms with Crippen LogP contribution in [-0.4, -0.2) is 88.2 Å². The van der Waals surface area contributed by atoms with Crippen LogP contribution in [0.4, 0.5) is 0 Å². The number of nitrogens with one attached hydrogen (secondary N) is 3. The number of esters is 2. The van der Waals surface area contributed by atoms with Crippen molar-refractivity contribution in [1.29, 1.82) is 0 Å². The first kappa shape index (κ1) is 36.5. The summed E-state index contributed by atoms with van der Waals surface area (Å²) in [5.74, 6) is -1.09. The summed E-state index contributed by atoms with van der Waals surface area (Å²) < 4.78 is 10.6. The zero-order valence-electron chi connectivity index (χ0n) is 24.9. The average Bonchev–Trinajstić information content (AvgIpc) is 2.89. The first-order chi connectivity index (χ1) is 18.8. The number of hydrogen-bond donors (Lipinski definition) is 3. The van der Waals surface area contributed by atoms with E-state index in [-0.39, 0.29) is 29.8 Å². The Bertz CT molecular complexity index is 669. The van der Waals surface area contributed by atoms with Gasteiger partial charge in [-0.2, -0.15) is 0 Å². The van der Waals surface area contributed by atoms with Crippen LogP contribution in [0.1, 0.15) is 90.9 Å². The number of amides is 2. The highest BCUT2D eigenvalue weighted by atomic mass is 16.5. The predicted octanol–water partition coefficient (Wildman–Crippen LogP) is 3.10.